The van der Waals surface area contributed by atoms with Crippen molar-refractivity contribution >= 4 is 11.8 Å². The van der Waals surface area contributed by atoms with E-state index in [0.29, 0.717) is 16.3 Å². The summed E-state index contributed by atoms with van der Waals surface area (Å²) in [6.07, 6.45) is 1.16. The molecule has 3 heteroatoms. The second kappa shape index (κ2) is 3.14. The summed E-state index contributed by atoms with van der Waals surface area (Å²) in [7, 11) is 0. The molecule has 2 aliphatic heterocycles. The molecule has 0 radical (unpaired) electrons. The molecular weight excluding hydrogens is 182 g/mol. The van der Waals surface area contributed by atoms with Gasteiger partial charge in [0.25, 0.3) is 0 Å². The Balaban J connectivity index is 2.12. The second-order valence-electron chi connectivity index (χ2n) is 4.91. The number of thioether (sulfide) groups is 1. The smallest absolute Gasteiger partial charge is 0.0720 e. The van der Waals surface area contributed by atoms with Crippen molar-refractivity contribution in [3.8, 4) is 0 Å². The SMILES string of the molecule is CC1COCCC12NC(C)(C)CS2. The van der Waals surface area contributed by atoms with Crippen LogP contribution in [0.3, 0.4) is 0 Å². The van der Waals surface area contributed by atoms with E-state index in [2.05, 4.69) is 37.8 Å². The summed E-state index contributed by atoms with van der Waals surface area (Å²) in [6.45, 7) is 8.70. The third kappa shape index (κ3) is 1.74. The summed E-state index contributed by atoms with van der Waals surface area (Å²) in [4.78, 5) is 0.307. The van der Waals surface area contributed by atoms with E-state index in [1.807, 2.05) is 0 Å². The van der Waals surface area contributed by atoms with Gasteiger partial charge in [-0.05, 0) is 20.3 Å². The quantitative estimate of drug-likeness (QED) is 0.646. The van der Waals surface area contributed by atoms with E-state index in [1.54, 1.807) is 0 Å². The van der Waals surface area contributed by atoms with E-state index < -0.39 is 0 Å². The third-order valence-corrected chi connectivity index (χ3v) is 5.11. The van der Waals surface area contributed by atoms with Crippen LogP contribution in [0.1, 0.15) is 27.2 Å². The van der Waals surface area contributed by atoms with E-state index in [4.69, 9.17) is 4.74 Å². The van der Waals surface area contributed by atoms with Gasteiger partial charge in [0, 0.05) is 23.8 Å². The van der Waals surface area contributed by atoms with E-state index in [1.165, 1.54) is 5.75 Å². The van der Waals surface area contributed by atoms with Crippen molar-refractivity contribution in [1.29, 1.82) is 0 Å². The average Bonchev–Trinajstić information content (AvgIpc) is 2.35. The van der Waals surface area contributed by atoms with Gasteiger partial charge in [-0.3, -0.25) is 5.32 Å². The number of hydrogen-bond donors (Lipinski definition) is 1. The molecule has 0 aromatic rings. The van der Waals surface area contributed by atoms with Crippen LogP contribution in [-0.2, 0) is 4.74 Å². The van der Waals surface area contributed by atoms with Crippen LogP contribution in [0.15, 0.2) is 0 Å². The van der Waals surface area contributed by atoms with Crippen LogP contribution in [0.4, 0.5) is 0 Å². The van der Waals surface area contributed by atoms with Crippen LogP contribution in [-0.4, -0.2) is 29.4 Å². The lowest BCUT2D eigenvalue weighted by molar-refractivity contribution is 0.0244. The molecule has 0 aromatic heterocycles. The molecule has 2 fully saturated rings. The van der Waals surface area contributed by atoms with Crippen LogP contribution in [0, 0.1) is 5.92 Å². The van der Waals surface area contributed by atoms with Crippen molar-refractivity contribution < 1.29 is 4.74 Å². The highest BCUT2D eigenvalue weighted by molar-refractivity contribution is 8.01. The Morgan fingerprint density at radius 2 is 2.23 bits per heavy atom. The maximum Gasteiger partial charge on any atom is 0.0720 e. The molecule has 0 saturated carbocycles. The lowest BCUT2D eigenvalue weighted by Crippen LogP contribution is -2.54. The number of rotatable bonds is 0. The predicted octanol–water partition coefficient (Wildman–Crippen LogP) is 1.85. The van der Waals surface area contributed by atoms with Crippen molar-refractivity contribution in [2.75, 3.05) is 19.0 Å². The molecule has 0 amide bonds. The second-order valence-corrected chi connectivity index (χ2v) is 6.22. The highest BCUT2D eigenvalue weighted by atomic mass is 32.2. The zero-order valence-electron chi connectivity index (χ0n) is 8.72. The topological polar surface area (TPSA) is 21.3 Å². The molecule has 2 aliphatic rings. The van der Waals surface area contributed by atoms with Crippen LogP contribution < -0.4 is 5.32 Å². The lowest BCUT2D eigenvalue weighted by atomic mass is 9.94. The van der Waals surface area contributed by atoms with Gasteiger partial charge in [0.2, 0.25) is 0 Å². The molecule has 76 valence electrons. The van der Waals surface area contributed by atoms with E-state index >= 15 is 0 Å². The first-order valence-electron chi connectivity index (χ1n) is 5.05. The fraction of sp³-hybridized carbons (Fsp3) is 1.00. The van der Waals surface area contributed by atoms with Crippen molar-refractivity contribution in [3.63, 3.8) is 0 Å². The first-order valence-corrected chi connectivity index (χ1v) is 6.04. The molecule has 0 aliphatic carbocycles. The summed E-state index contributed by atoms with van der Waals surface area (Å²) >= 11 is 2.09. The van der Waals surface area contributed by atoms with Gasteiger partial charge < -0.3 is 4.74 Å². The molecular formula is C10H19NOS. The molecule has 2 unspecified atom stereocenters. The molecule has 2 atom stereocenters. The first kappa shape index (κ1) is 9.81. The van der Waals surface area contributed by atoms with E-state index in [0.717, 1.165) is 19.6 Å². The van der Waals surface area contributed by atoms with Gasteiger partial charge in [0.1, 0.15) is 0 Å². The molecule has 2 nitrogen and oxygen atoms in total. The minimum absolute atomic E-state index is 0.302. The number of nitrogens with one attached hydrogen (secondary N) is 1. The van der Waals surface area contributed by atoms with Crippen LogP contribution in [0.5, 0.6) is 0 Å². The monoisotopic (exact) mass is 201 g/mol. The maximum atomic E-state index is 5.48. The number of hydrogen-bond acceptors (Lipinski definition) is 3. The fourth-order valence-corrected chi connectivity index (χ4v) is 3.84. The van der Waals surface area contributed by atoms with Crippen molar-refractivity contribution in [3.05, 3.63) is 0 Å². The molecule has 1 N–H and O–H groups in total. The normalized spacial score (nSPS) is 44.1. The summed E-state index contributed by atoms with van der Waals surface area (Å²) < 4.78 is 5.48. The molecule has 2 heterocycles. The van der Waals surface area contributed by atoms with Gasteiger partial charge in [0.05, 0.1) is 11.5 Å². The molecule has 2 saturated heterocycles. The molecule has 13 heavy (non-hydrogen) atoms. The Labute approximate surface area is 84.8 Å². The van der Waals surface area contributed by atoms with Gasteiger partial charge >= 0.3 is 0 Å². The Morgan fingerprint density at radius 3 is 2.77 bits per heavy atom. The van der Waals surface area contributed by atoms with Gasteiger partial charge in [-0.25, -0.2) is 0 Å². The van der Waals surface area contributed by atoms with Gasteiger partial charge in [0.15, 0.2) is 0 Å². The third-order valence-electron chi connectivity index (χ3n) is 3.02. The zero-order valence-corrected chi connectivity index (χ0v) is 9.54. The van der Waals surface area contributed by atoms with Gasteiger partial charge in [-0.2, -0.15) is 0 Å². The zero-order chi connectivity index (χ0) is 9.53. The van der Waals surface area contributed by atoms with E-state index in [9.17, 15) is 0 Å². The molecule has 2 rings (SSSR count). The Bertz CT molecular complexity index is 207. The van der Waals surface area contributed by atoms with Gasteiger partial charge in [-0.1, -0.05) is 6.92 Å². The van der Waals surface area contributed by atoms with E-state index in [-0.39, 0.29) is 0 Å². The van der Waals surface area contributed by atoms with Crippen LogP contribution in [0.25, 0.3) is 0 Å². The molecule has 0 aromatic carbocycles. The summed E-state index contributed by atoms with van der Waals surface area (Å²) in [5.41, 5.74) is 0.302. The largest absolute Gasteiger partial charge is 0.381 e. The summed E-state index contributed by atoms with van der Waals surface area (Å²) in [5, 5.41) is 3.78. The highest BCUT2D eigenvalue weighted by Gasteiger charge is 2.47. The molecule has 0 bridgehead atoms. The minimum Gasteiger partial charge on any atom is -0.381 e. The first-order chi connectivity index (χ1) is 6.04. The Kier molecular flexibility index (Phi) is 2.37. The number of ether oxygens (including phenoxy) is 1. The van der Waals surface area contributed by atoms with Crippen molar-refractivity contribution in [1.82, 2.24) is 5.32 Å². The standard InChI is InChI=1S/C10H19NOS/c1-8-6-12-5-4-10(8)11-9(2,3)7-13-10/h8,11H,4-7H2,1-3H3. The predicted molar refractivity (Wildman–Crippen MR) is 57.0 cm³/mol. The Morgan fingerprint density at radius 1 is 1.46 bits per heavy atom. The fourth-order valence-electron chi connectivity index (χ4n) is 2.22. The average molecular weight is 201 g/mol. The van der Waals surface area contributed by atoms with Gasteiger partial charge in [-0.15, -0.1) is 11.8 Å². The summed E-state index contributed by atoms with van der Waals surface area (Å²) in [5.74, 6) is 1.85. The Hall–Kier alpha value is 0.270. The highest BCUT2D eigenvalue weighted by Crippen LogP contribution is 2.44. The maximum absolute atomic E-state index is 5.48. The summed E-state index contributed by atoms with van der Waals surface area (Å²) in [6, 6.07) is 0. The minimum atomic E-state index is 0.302. The van der Waals surface area contributed by atoms with Crippen LogP contribution >= 0.6 is 11.8 Å². The van der Waals surface area contributed by atoms with Crippen molar-refractivity contribution in [2.45, 2.75) is 37.6 Å². The van der Waals surface area contributed by atoms with Crippen LogP contribution in [0.2, 0.25) is 0 Å². The van der Waals surface area contributed by atoms with Crippen molar-refractivity contribution in [2.24, 2.45) is 5.92 Å². The molecule has 1 spiro atoms. The lowest BCUT2D eigenvalue weighted by Gasteiger charge is -2.40.